The molecule has 0 N–H and O–H groups in total. The summed E-state index contributed by atoms with van der Waals surface area (Å²) in [6.07, 6.45) is 1.79. The van der Waals surface area contributed by atoms with Gasteiger partial charge in [0.25, 0.3) is 5.69 Å². The maximum Gasteiger partial charge on any atom is 2.00 e. The molecule has 3 heterocycles. The predicted molar refractivity (Wildman–Crippen MR) is 245 cm³/mol. The van der Waals surface area contributed by atoms with Crippen molar-refractivity contribution in [3.8, 4) is 28.4 Å². The van der Waals surface area contributed by atoms with Crippen LogP contribution >= 0.6 is 0 Å². The molecule has 0 atom stereocenters. The third kappa shape index (κ3) is 7.92. The average molecular weight is 989 g/mol. The van der Waals surface area contributed by atoms with Gasteiger partial charge in [-0.3, -0.25) is 0 Å². The maximum absolute atomic E-state index is 14.7. The summed E-state index contributed by atoms with van der Waals surface area (Å²) in [4.78, 5) is 4.75. The fourth-order valence-corrected chi connectivity index (χ4v) is 7.66. The van der Waals surface area contributed by atoms with Gasteiger partial charge >= 0.3 is 32.8 Å². The minimum absolute atomic E-state index is 0. The number of hydrogen-bond donors (Lipinski definition) is 0. The summed E-state index contributed by atoms with van der Waals surface area (Å²) in [5.74, 6) is 1.15. The fraction of sp³-hybridized carbons (Fsp3) is 0.222. The molecule has 0 bridgehead atoms. The monoisotopic (exact) mass is 988 g/mol. The number of para-hydroxylation sites is 1. The first-order chi connectivity index (χ1) is 30.6. The molecule has 0 aliphatic carbocycles. The summed E-state index contributed by atoms with van der Waals surface area (Å²) in [6, 6.07) is 38.8. The van der Waals surface area contributed by atoms with Crippen molar-refractivity contribution in [2.45, 2.75) is 78.6 Å². The minimum atomic E-state index is -0.454. The van der Waals surface area contributed by atoms with E-state index in [0.717, 1.165) is 38.7 Å². The summed E-state index contributed by atoms with van der Waals surface area (Å²) in [5, 5.41) is 1.53. The topological polar surface area (TPSA) is 33.1 Å². The number of halogens is 1. The summed E-state index contributed by atoms with van der Waals surface area (Å²) >= 11 is 0. The Hall–Kier alpha value is -5.93. The van der Waals surface area contributed by atoms with E-state index in [9.17, 15) is 4.39 Å². The Kier molecular flexibility index (Phi) is 9.10. The smallest absolute Gasteiger partial charge is 0.509 e. The number of nitrogens with zero attached hydrogens (tertiary/aromatic N) is 4. The number of fused-ring (bicyclic) bond motifs is 4. The summed E-state index contributed by atoms with van der Waals surface area (Å²) in [7, 11) is 0. The van der Waals surface area contributed by atoms with Gasteiger partial charge in [0.05, 0.1) is 12.4 Å². The van der Waals surface area contributed by atoms with Gasteiger partial charge in [0, 0.05) is 41.4 Å². The van der Waals surface area contributed by atoms with Crippen LogP contribution in [0.2, 0.25) is 0 Å². The van der Waals surface area contributed by atoms with Crippen molar-refractivity contribution in [2.75, 3.05) is 0 Å². The van der Waals surface area contributed by atoms with Crippen LogP contribution in [0.4, 0.5) is 27.1 Å². The molecule has 7 heteroatoms. The zero-order valence-corrected chi connectivity index (χ0v) is 38.0. The molecule has 1 aliphatic rings. The Morgan fingerprint density at radius 2 is 1.38 bits per heavy atom. The van der Waals surface area contributed by atoms with E-state index in [1.165, 1.54) is 12.1 Å². The van der Waals surface area contributed by atoms with E-state index in [4.69, 9.17) is 16.6 Å². The molecule has 0 fully saturated rings. The second-order valence-corrected chi connectivity index (χ2v) is 18.4. The van der Waals surface area contributed by atoms with Gasteiger partial charge in [0.15, 0.2) is 0 Å². The second kappa shape index (κ2) is 15.5. The Bertz CT molecular complexity index is 3310. The molecular formula is C54H49FN4OPt+2. The van der Waals surface area contributed by atoms with E-state index in [2.05, 4.69) is 105 Å². The molecule has 0 amide bonds. The first kappa shape index (κ1) is 35.8. The SMILES string of the molecule is [2H]c1c([2H])c([2H])c(-c2cccc3c2[N+](c2cc(C(C)(C)C)cc(C(C)(C)C)c2)=C=[N+]3c2[c-]c(Oc3[c-]c4c(cc3)c3cc(F)ccc3n4-c3cc(C(C)(C)C)ccn3)ccc2)c([2H])c1[2H].[Pt+2]. The Balaban J connectivity index is 0.00000592. The molecule has 0 radical (unpaired) electrons. The van der Waals surface area contributed by atoms with Gasteiger partial charge in [-0.1, -0.05) is 127 Å². The van der Waals surface area contributed by atoms with Crippen molar-refractivity contribution < 1.29 is 37.0 Å². The van der Waals surface area contributed by atoms with E-state index in [1.807, 2.05) is 56.2 Å². The van der Waals surface area contributed by atoms with Gasteiger partial charge in [-0.2, -0.15) is 12.1 Å². The fourth-order valence-electron chi connectivity index (χ4n) is 7.66. The first-order valence-corrected chi connectivity index (χ1v) is 20.2. The molecule has 8 aromatic rings. The van der Waals surface area contributed by atoms with Crippen molar-refractivity contribution in [3.63, 3.8) is 0 Å². The third-order valence-corrected chi connectivity index (χ3v) is 11.0. The van der Waals surface area contributed by atoms with Crippen molar-refractivity contribution >= 4 is 50.6 Å². The number of ether oxygens (including phenoxy) is 1. The molecule has 0 unspecified atom stereocenters. The predicted octanol–water partition coefficient (Wildman–Crippen LogP) is 14.1. The molecule has 0 saturated heterocycles. The molecule has 9 rings (SSSR count). The van der Waals surface area contributed by atoms with Crippen LogP contribution in [0.3, 0.4) is 0 Å². The summed E-state index contributed by atoms with van der Waals surface area (Å²) in [5.41, 5.74) is 7.45. The van der Waals surface area contributed by atoms with E-state index in [1.54, 1.807) is 24.4 Å². The van der Waals surface area contributed by atoms with Crippen molar-refractivity contribution in [1.29, 1.82) is 0 Å². The zero-order valence-electron chi connectivity index (χ0n) is 40.7. The minimum Gasteiger partial charge on any atom is -0.509 e. The van der Waals surface area contributed by atoms with Crippen LogP contribution in [0.25, 0.3) is 38.8 Å². The van der Waals surface area contributed by atoms with Gasteiger partial charge in [-0.25, -0.2) is 9.37 Å². The summed E-state index contributed by atoms with van der Waals surface area (Å²) in [6.45, 7) is 19.5. The largest absolute Gasteiger partial charge is 2.00 e. The number of rotatable bonds is 6. The number of pyridine rings is 1. The quantitative estimate of drug-likeness (QED) is 0.123. The molecule has 2 aromatic heterocycles. The van der Waals surface area contributed by atoms with Crippen LogP contribution in [0, 0.1) is 17.9 Å². The molecule has 5 nitrogen and oxygen atoms in total. The van der Waals surface area contributed by atoms with E-state index >= 15 is 0 Å². The number of hydrogen-bond acceptors (Lipinski definition) is 2. The van der Waals surface area contributed by atoms with Crippen molar-refractivity contribution in [1.82, 2.24) is 18.7 Å². The number of benzene rings is 6. The summed E-state index contributed by atoms with van der Waals surface area (Å²) < 4.78 is 70.5. The van der Waals surface area contributed by atoms with Crippen LogP contribution in [-0.4, -0.2) is 15.6 Å². The van der Waals surface area contributed by atoms with Crippen LogP contribution in [0.15, 0.2) is 133 Å². The van der Waals surface area contributed by atoms with Gasteiger partial charge in [-0.05, 0) is 84.9 Å². The zero-order chi connectivity index (χ0) is 46.5. The molecule has 0 saturated carbocycles. The normalized spacial score (nSPS) is 14.0. The van der Waals surface area contributed by atoms with Gasteiger partial charge in [0.1, 0.15) is 17.3 Å². The van der Waals surface area contributed by atoms with Crippen LogP contribution in [0.5, 0.6) is 11.5 Å². The third-order valence-electron chi connectivity index (χ3n) is 11.0. The van der Waals surface area contributed by atoms with Crippen molar-refractivity contribution in [2.24, 2.45) is 0 Å². The number of aromatic nitrogens is 2. The Morgan fingerprint density at radius 1 is 0.689 bits per heavy atom. The molecule has 306 valence electrons. The second-order valence-electron chi connectivity index (χ2n) is 18.4. The first-order valence-electron chi connectivity index (χ1n) is 22.7. The van der Waals surface area contributed by atoms with E-state index in [-0.39, 0.29) is 60.8 Å². The molecule has 1 aliphatic heterocycles. The average Bonchev–Trinajstić information content (AvgIpc) is 3.80. The van der Waals surface area contributed by atoms with E-state index < -0.39 is 18.1 Å². The molecule has 61 heavy (non-hydrogen) atoms. The standard InChI is InChI=1S/C54H49FN4O.Pt/c1-52(2,3)36-25-26-56-50(30-36)59-47-24-21-39(55)31-46(47)45-23-22-43(33-49(45)59)60-42-18-13-17-40(32-42)57-34-58(41-28-37(53(4,5)6)27-38(29-41)54(7,8)9)51-44(19-14-20-48(51)57)35-15-11-10-12-16-35;/h10-31H,1-9H3;/q;+2/i10D,11D,12D,15D,16D;. The van der Waals surface area contributed by atoms with Gasteiger partial charge in [-0.15, -0.1) is 23.6 Å². The molecule has 0 spiro atoms. The van der Waals surface area contributed by atoms with Crippen LogP contribution in [0.1, 0.15) is 85.9 Å². The Labute approximate surface area is 379 Å². The maximum atomic E-state index is 14.7. The van der Waals surface area contributed by atoms with Crippen LogP contribution in [-0.2, 0) is 37.3 Å². The molecule has 6 aromatic carbocycles. The van der Waals surface area contributed by atoms with Gasteiger partial charge < -0.3 is 9.30 Å². The van der Waals surface area contributed by atoms with E-state index in [0.29, 0.717) is 45.5 Å². The Morgan fingerprint density at radius 3 is 2.08 bits per heavy atom. The van der Waals surface area contributed by atoms with Crippen molar-refractivity contribution in [3.05, 3.63) is 168 Å². The van der Waals surface area contributed by atoms with Gasteiger partial charge in [0.2, 0.25) is 5.69 Å². The molecular weight excluding hydrogens is 935 g/mol. The van der Waals surface area contributed by atoms with Crippen LogP contribution < -0.4 is 13.9 Å².